The van der Waals surface area contributed by atoms with Gasteiger partial charge in [-0.05, 0) is 114 Å². The van der Waals surface area contributed by atoms with Gasteiger partial charge in [-0.15, -0.1) is 0 Å². The summed E-state index contributed by atoms with van der Waals surface area (Å²) in [5, 5.41) is 8.72. The van der Waals surface area contributed by atoms with Crippen LogP contribution in [-0.4, -0.2) is 74.7 Å². The normalized spacial score (nSPS) is 12.9. The van der Waals surface area contributed by atoms with Crippen molar-refractivity contribution >= 4 is 34.3 Å². The van der Waals surface area contributed by atoms with Crippen LogP contribution in [0.4, 0.5) is 5.69 Å². The smallest absolute Gasteiger partial charge is 0.339 e. The van der Waals surface area contributed by atoms with Gasteiger partial charge in [-0.1, -0.05) is 48.9 Å². The van der Waals surface area contributed by atoms with E-state index in [4.69, 9.17) is 23.7 Å². The highest BCUT2D eigenvalue weighted by Crippen LogP contribution is 2.19. The van der Waals surface area contributed by atoms with Crippen molar-refractivity contribution in [1.82, 2.24) is 5.32 Å². The number of benzene rings is 3. The number of carbonyl (C=O) groups excluding carboxylic acids is 3. The number of nitrogens with one attached hydrogen (secondary N) is 2. The molecule has 10 nitrogen and oxygen atoms in total. The number of amides is 1. The van der Waals surface area contributed by atoms with Crippen LogP contribution < -0.4 is 15.4 Å². The van der Waals surface area contributed by atoms with Crippen LogP contribution in [0.3, 0.4) is 0 Å². The van der Waals surface area contributed by atoms with Gasteiger partial charge in [0.15, 0.2) is 12.2 Å². The molecule has 0 fully saturated rings. The number of fused-ring (bicyclic) bond motifs is 1. The lowest BCUT2D eigenvalue weighted by Gasteiger charge is -2.29. The Hall–Kier alpha value is -4.15. The maximum atomic E-state index is 13.6. The number of carbonyl (C=O) groups is 3. The molecule has 1 amide bonds. The highest BCUT2D eigenvalue weighted by atomic mass is 16.6. The van der Waals surface area contributed by atoms with Gasteiger partial charge in [0.05, 0.1) is 7.11 Å². The van der Waals surface area contributed by atoms with Crippen molar-refractivity contribution in [1.29, 1.82) is 0 Å². The average molecular weight is 693 g/mol. The summed E-state index contributed by atoms with van der Waals surface area (Å²) in [5.74, 6) is -1.18. The molecule has 2 atom stereocenters. The van der Waals surface area contributed by atoms with E-state index in [0.29, 0.717) is 19.5 Å². The Labute approximate surface area is 297 Å². The van der Waals surface area contributed by atoms with E-state index in [2.05, 4.69) is 41.0 Å². The SMILES string of the molecule is COc1ccc(NCCCCOC(C(=O)NCCCCCc2ccc3ccccc3c2)C(OCC(=O)OC(C)(C)C)C(=O)OC(C)(C)C)cc1. The summed E-state index contributed by atoms with van der Waals surface area (Å²) in [5.41, 5.74) is 0.636. The lowest BCUT2D eigenvalue weighted by Crippen LogP contribution is -2.51. The van der Waals surface area contributed by atoms with Crippen molar-refractivity contribution in [2.45, 2.75) is 103 Å². The lowest BCUT2D eigenvalue weighted by molar-refractivity contribution is -0.187. The average Bonchev–Trinajstić information content (AvgIpc) is 3.05. The van der Waals surface area contributed by atoms with Crippen molar-refractivity contribution in [2.75, 3.05) is 38.7 Å². The molecule has 2 N–H and O–H groups in total. The molecule has 0 aromatic heterocycles. The summed E-state index contributed by atoms with van der Waals surface area (Å²) < 4.78 is 28.0. The number of methoxy groups -OCH3 is 1. The van der Waals surface area contributed by atoms with E-state index >= 15 is 0 Å². The van der Waals surface area contributed by atoms with Crippen LogP contribution in [-0.2, 0) is 39.8 Å². The van der Waals surface area contributed by atoms with Crippen LogP contribution in [0.2, 0.25) is 0 Å². The molecular weight excluding hydrogens is 636 g/mol. The summed E-state index contributed by atoms with van der Waals surface area (Å²) in [7, 11) is 1.63. The van der Waals surface area contributed by atoms with E-state index in [0.717, 1.165) is 43.5 Å². The van der Waals surface area contributed by atoms with Gasteiger partial charge in [0, 0.05) is 25.4 Å². The number of esters is 2. The molecule has 0 saturated carbocycles. The Bertz CT molecular complexity index is 1490. The van der Waals surface area contributed by atoms with E-state index in [1.807, 2.05) is 36.4 Å². The molecule has 3 aromatic carbocycles. The summed E-state index contributed by atoms with van der Waals surface area (Å²) >= 11 is 0. The molecule has 3 rings (SSSR count). The minimum atomic E-state index is -1.48. The summed E-state index contributed by atoms with van der Waals surface area (Å²) in [6.07, 6.45) is 2.10. The molecule has 0 aliphatic carbocycles. The standard InChI is InChI=1S/C40H56N2O8/c1-39(2,3)49-34(43)28-48-36(38(45)50-40(4,5)6)35(47-26-14-13-24-41-32-20-22-33(46-7)23-21-32)37(44)42-25-12-8-9-15-29-18-19-30-16-10-11-17-31(30)27-29/h10-11,16-23,27,35-36,41H,8-9,12-15,24-26,28H2,1-7H3,(H,42,44). The summed E-state index contributed by atoms with van der Waals surface area (Å²) in [6, 6.07) is 22.5. The van der Waals surface area contributed by atoms with Crippen molar-refractivity contribution in [3.63, 3.8) is 0 Å². The zero-order valence-electron chi connectivity index (χ0n) is 30.8. The molecule has 0 spiro atoms. The largest absolute Gasteiger partial charge is 0.497 e. The molecule has 0 aliphatic rings. The van der Waals surface area contributed by atoms with Crippen molar-refractivity contribution in [3.05, 3.63) is 72.3 Å². The van der Waals surface area contributed by atoms with Crippen LogP contribution in [0.5, 0.6) is 5.75 Å². The third-order valence-corrected chi connectivity index (χ3v) is 7.52. The molecule has 274 valence electrons. The predicted octanol–water partition coefficient (Wildman–Crippen LogP) is 7.02. The molecule has 0 heterocycles. The number of rotatable bonds is 20. The maximum Gasteiger partial charge on any atom is 0.339 e. The fourth-order valence-corrected chi connectivity index (χ4v) is 5.18. The van der Waals surface area contributed by atoms with Crippen LogP contribution in [0.25, 0.3) is 10.8 Å². The zero-order valence-corrected chi connectivity index (χ0v) is 30.8. The van der Waals surface area contributed by atoms with Crippen LogP contribution >= 0.6 is 0 Å². The first-order valence-corrected chi connectivity index (χ1v) is 17.6. The molecular formula is C40H56N2O8. The Morgan fingerprint density at radius 2 is 1.38 bits per heavy atom. The van der Waals surface area contributed by atoms with Crippen molar-refractivity contribution < 1.29 is 38.1 Å². The fourth-order valence-electron chi connectivity index (χ4n) is 5.18. The van der Waals surface area contributed by atoms with Gasteiger partial charge in [0.25, 0.3) is 5.91 Å². The summed E-state index contributed by atoms with van der Waals surface area (Å²) in [4.78, 5) is 39.5. The van der Waals surface area contributed by atoms with Gasteiger partial charge in [0.1, 0.15) is 23.6 Å². The molecule has 2 unspecified atom stereocenters. The Kier molecular flexibility index (Phi) is 16.0. The third-order valence-electron chi connectivity index (χ3n) is 7.52. The molecule has 3 aromatic rings. The minimum Gasteiger partial charge on any atom is -0.497 e. The van der Waals surface area contributed by atoms with E-state index in [9.17, 15) is 14.4 Å². The van der Waals surface area contributed by atoms with Gasteiger partial charge < -0.3 is 34.3 Å². The Morgan fingerprint density at radius 1 is 0.700 bits per heavy atom. The van der Waals surface area contributed by atoms with E-state index in [1.54, 1.807) is 48.7 Å². The lowest BCUT2D eigenvalue weighted by atomic mass is 10.0. The molecule has 0 saturated heterocycles. The van der Waals surface area contributed by atoms with Crippen molar-refractivity contribution in [3.8, 4) is 5.75 Å². The number of hydrogen-bond donors (Lipinski definition) is 2. The fraction of sp³-hybridized carbons (Fsp3) is 0.525. The van der Waals surface area contributed by atoms with Gasteiger partial charge in [-0.2, -0.15) is 0 Å². The van der Waals surface area contributed by atoms with Crippen LogP contribution in [0.15, 0.2) is 66.7 Å². The predicted molar refractivity (Wildman–Crippen MR) is 196 cm³/mol. The topological polar surface area (TPSA) is 121 Å². The molecule has 50 heavy (non-hydrogen) atoms. The first-order valence-electron chi connectivity index (χ1n) is 17.6. The van der Waals surface area contributed by atoms with Crippen LogP contribution in [0.1, 0.15) is 79.2 Å². The highest BCUT2D eigenvalue weighted by Gasteiger charge is 2.39. The second kappa shape index (κ2) is 19.9. The second-order valence-electron chi connectivity index (χ2n) is 14.3. The summed E-state index contributed by atoms with van der Waals surface area (Å²) in [6.45, 7) is 11.1. The zero-order chi connectivity index (χ0) is 36.6. The third kappa shape index (κ3) is 15.2. The number of hydrogen-bond acceptors (Lipinski definition) is 9. The maximum absolute atomic E-state index is 13.6. The minimum absolute atomic E-state index is 0.184. The second-order valence-corrected chi connectivity index (χ2v) is 14.3. The monoisotopic (exact) mass is 692 g/mol. The van der Waals surface area contributed by atoms with Gasteiger partial charge >= 0.3 is 11.9 Å². The first-order chi connectivity index (χ1) is 23.7. The number of unbranched alkanes of at least 4 members (excludes halogenated alkanes) is 3. The van der Waals surface area contributed by atoms with E-state index in [-0.39, 0.29) is 6.61 Å². The number of aryl methyl sites for hydroxylation is 1. The molecule has 0 radical (unpaired) electrons. The molecule has 0 bridgehead atoms. The first kappa shape index (κ1) is 40.3. The Balaban J connectivity index is 1.59. The Morgan fingerprint density at radius 3 is 2.06 bits per heavy atom. The quantitative estimate of drug-likeness (QED) is 0.0950. The van der Waals surface area contributed by atoms with Crippen molar-refractivity contribution in [2.24, 2.45) is 0 Å². The number of anilines is 1. The highest BCUT2D eigenvalue weighted by molar-refractivity contribution is 5.89. The van der Waals surface area contributed by atoms with Crippen LogP contribution in [0, 0.1) is 0 Å². The van der Waals surface area contributed by atoms with Gasteiger partial charge in [0.2, 0.25) is 0 Å². The van der Waals surface area contributed by atoms with Gasteiger partial charge in [-0.3, -0.25) is 4.79 Å². The molecule has 0 aliphatic heterocycles. The van der Waals surface area contributed by atoms with E-state index in [1.165, 1.54) is 16.3 Å². The van der Waals surface area contributed by atoms with E-state index < -0.39 is 47.9 Å². The molecule has 10 heteroatoms. The van der Waals surface area contributed by atoms with Gasteiger partial charge in [-0.25, -0.2) is 9.59 Å². The number of ether oxygens (including phenoxy) is 5.